The number of benzene rings is 1. The van der Waals surface area contributed by atoms with E-state index in [0.29, 0.717) is 0 Å². The minimum Gasteiger partial charge on any atom is -0.256 e. The Labute approximate surface area is 110 Å². The Bertz CT molecular complexity index is 468. The van der Waals surface area contributed by atoms with Crippen molar-refractivity contribution in [3.63, 3.8) is 0 Å². The Kier molecular flexibility index (Phi) is 7.02. The topological polar surface area (TPSA) is 12.9 Å². The molecule has 0 atom stereocenters. The van der Waals surface area contributed by atoms with Crippen LogP contribution in [0.15, 0.2) is 47.6 Å². The zero-order chi connectivity index (χ0) is 11.3. The number of rotatable bonds is 0. The van der Waals surface area contributed by atoms with E-state index in [9.17, 15) is 0 Å². The van der Waals surface area contributed by atoms with Crippen molar-refractivity contribution in [1.29, 1.82) is 0 Å². The van der Waals surface area contributed by atoms with Crippen LogP contribution in [0.1, 0.15) is 14.4 Å². The molecule has 16 heavy (non-hydrogen) atoms. The predicted molar refractivity (Wildman–Crippen MR) is 77.1 cm³/mol. The first-order valence-electron chi connectivity index (χ1n) is 4.46. The lowest BCUT2D eigenvalue weighted by molar-refractivity contribution is 1.41. The zero-order valence-corrected chi connectivity index (χ0v) is 10.7. The normalized spacial score (nSPS) is 8.69. The van der Waals surface area contributed by atoms with Gasteiger partial charge in [-0.3, -0.25) is 4.98 Å². The highest BCUT2D eigenvalue weighted by Gasteiger charge is 1.98. The number of aromatic nitrogens is 1. The molecule has 0 spiro atoms. The second-order valence-corrected chi connectivity index (χ2v) is 4.19. The molecule has 0 saturated carbocycles. The summed E-state index contributed by atoms with van der Waals surface area (Å²) in [5.41, 5.74) is 0.922. The summed E-state index contributed by atoms with van der Waals surface area (Å²) in [6.45, 7) is 5.25. The number of fused-ring (bicyclic) bond motifs is 1. The van der Waals surface area contributed by atoms with E-state index in [0.717, 1.165) is 20.4 Å². The Hall–Kier alpha value is -0.860. The van der Waals surface area contributed by atoms with Crippen LogP contribution in [-0.4, -0.2) is 4.98 Å². The van der Waals surface area contributed by atoms with Crippen LogP contribution < -0.4 is 0 Å². The quantitative estimate of drug-likeness (QED) is 0.587. The SMILES string of the molecule is C.C=CC.Clc1ccnc2ccc(Br)cc12. The number of allylic oxidation sites excluding steroid dienone is 1. The van der Waals surface area contributed by atoms with Crippen LogP contribution in [0.4, 0.5) is 0 Å². The molecule has 2 rings (SSSR count). The van der Waals surface area contributed by atoms with E-state index >= 15 is 0 Å². The summed E-state index contributed by atoms with van der Waals surface area (Å²) < 4.78 is 1.02. The molecule has 1 heterocycles. The molecule has 0 radical (unpaired) electrons. The van der Waals surface area contributed by atoms with Gasteiger partial charge in [-0.2, -0.15) is 0 Å². The van der Waals surface area contributed by atoms with E-state index in [1.165, 1.54) is 0 Å². The second kappa shape index (κ2) is 7.42. The Morgan fingerprint density at radius 1 is 1.38 bits per heavy atom. The third-order valence-corrected chi connectivity index (χ3v) is 2.47. The van der Waals surface area contributed by atoms with Crippen LogP contribution in [0.2, 0.25) is 5.02 Å². The first-order valence-corrected chi connectivity index (χ1v) is 5.63. The Morgan fingerprint density at radius 3 is 2.62 bits per heavy atom. The van der Waals surface area contributed by atoms with Gasteiger partial charge in [0.15, 0.2) is 0 Å². The van der Waals surface area contributed by atoms with Gasteiger partial charge in [0.1, 0.15) is 0 Å². The van der Waals surface area contributed by atoms with Gasteiger partial charge in [-0.25, -0.2) is 0 Å². The van der Waals surface area contributed by atoms with Crippen molar-refractivity contribution in [1.82, 2.24) is 4.98 Å². The molecule has 1 aromatic carbocycles. The van der Waals surface area contributed by atoms with Gasteiger partial charge in [0, 0.05) is 16.1 Å². The molecule has 0 bridgehead atoms. The van der Waals surface area contributed by atoms with E-state index in [2.05, 4.69) is 27.5 Å². The second-order valence-electron chi connectivity index (χ2n) is 2.86. The molecule has 86 valence electrons. The molecule has 3 heteroatoms. The van der Waals surface area contributed by atoms with Gasteiger partial charge in [0.25, 0.3) is 0 Å². The molecule has 0 N–H and O–H groups in total. The summed E-state index contributed by atoms with van der Waals surface area (Å²) in [6, 6.07) is 7.64. The number of halogens is 2. The van der Waals surface area contributed by atoms with Gasteiger partial charge >= 0.3 is 0 Å². The fourth-order valence-corrected chi connectivity index (χ4v) is 1.65. The minimum atomic E-state index is 0. The summed E-state index contributed by atoms with van der Waals surface area (Å²) >= 11 is 9.35. The molecule has 0 unspecified atom stereocenters. The highest BCUT2D eigenvalue weighted by Crippen LogP contribution is 2.24. The monoisotopic (exact) mass is 299 g/mol. The Balaban J connectivity index is 0.000000511. The van der Waals surface area contributed by atoms with Crippen molar-refractivity contribution in [2.24, 2.45) is 0 Å². The van der Waals surface area contributed by atoms with Crippen molar-refractivity contribution in [3.05, 3.63) is 52.6 Å². The maximum Gasteiger partial charge on any atom is 0.0717 e. The highest BCUT2D eigenvalue weighted by molar-refractivity contribution is 9.10. The Morgan fingerprint density at radius 2 is 2.00 bits per heavy atom. The largest absolute Gasteiger partial charge is 0.256 e. The summed E-state index contributed by atoms with van der Waals surface area (Å²) in [5, 5.41) is 1.72. The van der Waals surface area contributed by atoms with Crippen LogP contribution in [0, 0.1) is 0 Å². The van der Waals surface area contributed by atoms with Crippen LogP contribution in [-0.2, 0) is 0 Å². The molecule has 0 aliphatic carbocycles. The van der Waals surface area contributed by atoms with Crippen LogP contribution >= 0.6 is 27.5 Å². The van der Waals surface area contributed by atoms with Crippen LogP contribution in [0.5, 0.6) is 0 Å². The molecule has 1 aromatic heterocycles. The van der Waals surface area contributed by atoms with E-state index < -0.39 is 0 Å². The fourth-order valence-electron chi connectivity index (χ4n) is 1.08. The summed E-state index contributed by atoms with van der Waals surface area (Å²) in [5.74, 6) is 0. The smallest absolute Gasteiger partial charge is 0.0717 e. The van der Waals surface area contributed by atoms with E-state index in [1.54, 1.807) is 18.3 Å². The number of nitrogens with zero attached hydrogens (tertiary/aromatic N) is 1. The predicted octanol–water partition coefficient (Wildman–Crippen LogP) is 5.48. The van der Waals surface area contributed by atoms with Crippen molar-refractivity contribution < 1.29 is 0 Å². The first-order chi connectivity index (χ1) is 7.19. The third kappa shape index (κ3) is 3.95. The van der Waals surface area contributed by atoms with Crippen LogP contribution in [0.3, 0.4) is 0 Å². The van der Waals surface area contributed by atoms with Crippen molar-refractivity contribution in [2.75, 3.05) is 0 Å². The van der Waals surface area contributed by atoms with Gasteiger partial charge in [-0.05, 0) is 31.2 Å². The van der Waals surface area contributed by atoms with Crippen molar-refractivity contribution >= 4 is 38.4 Å². The maximum absolute atomic E-state index is 5.97. The van der Waals surface area contributed by atoms with Gasteiger partial charge < -0.3 is 0 Å². The minimum absolute atomic E-state index is 0. The summed E-state index contributed by atoms with van der Waals surface area (Å²) in [6.07, 6.45) is 3.46. The molecular weight excluding hydrogens is 286 g/mol. The van der Waals surface area contributed by atoms with E-state index in [4.69, 9.17) is 11.6 Å². The molecule has 0 saturated heterocycles. The van der Waals surface area contributed by atoms with E-state index in [-0.39, 0.29) is 7.43 Å². The average Bonchev–Trinajstić information content (AvgIpc) is 2.21. The highest BCUT2D eigenvalue weighted by atomic mass is 79.9. The first kappa shape index (κ1) is 15.1. The molecule has 1 nitrogen and oxygen atoms in total. The molecule has 2 aromatic rings. The lowest BCUT2D eigenvalue weighted by Crippen LogP contribution is -1.78. The van der Waals surface area contributed by atoms with Gasteiger partial charge in [-0.15, -0.1) is 6.58 Å². The molecule has 0 aliphatic rings. The zero-order valence-electron chi connectivity index (χ0n) is 8.37. The third-order valence-electron chi connectivity index (χ3n) is 1.65. The number of hydrogen-bond donors (Lipinski definition) is 0. The number of pyridine rings is 1. The summed E-state index contributed by atoms with van der Waals surface area (Å²) in [7, 11) is 0. The lowest BCUT2D eigenvalue weighted by Gasteiger charge is -1.98. The summed E-state index contributed by atoms with van der Waals surface area (Å²) in [4.78, 5) is 4.18. The molecule has 0 fully saturated rings. The fraction of sp³-hybridized carbons (Fsp3) is 0.154. The van der Waals surface area contributed by atoms with Gasteiger partial charge in [0.2, 0.25) is 0 Å². The van der Waals surface area contributed by atoms with Crippen molar-refractivity contribution in [2.45, 2.75) is 14.4 Å². The lowest BCUT2D eigenvalue weighted by atomic mass is 10.2. The maximum atomic E-state index is 5.97. The average molecular weight is 301 g/mol. The van der Waals surface area contributed by atoms with Gasteiger partial charge in [0.05, 0.1) is 10.5 Å². The number of hydrogen-bond acceptors (Lipinski definition) is 1. The molecular formula is C13H15BrClN. The van der Waals surface area contributed by atoms with Crippen LogP contribution in [0.25, 0.3) is 10.9 Å². The molecule has 0 aliphatic heterocycles. The van der Waals surface area contributed by atoms with Gasteiger partial charge in [-0.1, -0.05) is 41.0 Å². The standard InChI is InChI=1S/C9H5BrClN.C3H6.CH4/c10-6-1-2-9-7(5-6)8(11)3-4-12-9;1-3-2;/h1-5H;3H,1H2,2H3;1H4. The molecule has 0 amide bonds. The van der Waals surface area contributed by atoms with Crippen molar-refractivity contribution in [3.8, 4) is 0 Å². The van der Waals surface area contributed by atoms with E-state index in [1.807, 2.05) is 25.1 Å².